The minimum Gasteiger partial charge on any atom is -0.497 e. The van der Waals surface area contributed by atoms with Crippen LogP contribution in [-0.2, 0) is 11.0 Å². The number of anilines is 2. The van der Waals surface area contributed by atoms with E-state index in [1.54, 1.807) is 19.2 Å². The van der Waals surface area contributed by atoms with Gasteiger partial charge in [-0.1, -0.05) is 42.5 Å². The van der Waals surface area contributed by atoms with Crippen molar-refractivity contribution in [1.82, 2.24) is 0 Å². The van der Waals surface area contributed by atoms with Crippen molar-refractivity contribution in [2.75, 3.05) is 17.7 Å². The summed E-state index contributed by atoms with van der Waals surface area (Å²) in [5.41, 5.74) is 2.66. The number of fused-ring (bicyclic) bond motifs is 1. The van der Waals surface area contributed by atoms with E-state index in [1.807, 2.05) is 42.5 Å². The summed E-state index contributed by atoms with van der Waals surface area (Å²) >= 11 is 0. The van der Waals surface area contributed by atoms with Crippen LogP contribution in [0.2, 0.25) is 0 Å². The average molecular weight is 464 g/mol. The fourth-order valence-electron chi connectivity index (χ4n) is 4.84. The van der Waals surface area contributed by atoms with Crippen molar-refractivity contribution in [1.29, 1.82) is 0 Å². The second-order valence-electron chi connectivity index (χ2n) is 8.53. The second kappa shape index (κ2) is 8.56. The Hall–Kier alpha value is -3.74. The third kappa shape index (κ3) is 4.02. The van der Waals surface area contributed by atoms with Crippen LogP contribution < -0.4 is 15.4 Å². The fraction of sp³-hybridized carbons (Fsp3) is 0.222. The standard InChI is InChI=1S/C27H23F3N2O2/c1-34-18-12-10-16(11-13-18)17-14-23-25(24(33)15-17)26(32-22-9-5-4-8-21(22)31-23)19-6-2-3-7-20(19)27(28,29)30/h2-13,17,26,31-32H,14-15H2,1H3. The largest absolute Gasteiger partial charge is 0.497 e. The Kier molecular flexibility index (Phi) is 5.55. The predicted molar refractivity (Wildman–Crippen MR) is 125 cm³/mol. The molecule has 3 aromatic rings. The van der Waals surface area contributed by atoms with Crippen LogP contribution in [-0.4, -0.2) is 12.9 Å². The first-order chi connectivity index (χ1) is 16.3. The molecule has 2 unspecified atom stereocenters. The lowest BCUT2D eigenvalue weighted by Crippen LogP contribution is -2.28. The summed E-state index contributed by atoms with van der Waals surface area (Å²) < 4.78 is 47.0. The van der Waals surface area contributed by atoms with Gasteiger partial charge in [-0.2, -0.15) is 13.2 Å². The van der Waals surface area contributed by atoms with E-state index >= 15 is 0 Å². The molecule has 0 saturated heterocycles. The Morgan fingerprint density at radius 3 is 2.26 bits per heavy atom. The summed E-state index contributed by atoms with van der Waals surface area (Å²) in [5.74, 6) is 0.464. The number of ether oxygens (including phenoxy) is 1. The van der Waals surface area contributed by atoms with Crippen LogP contribution in [0.1, 0.15) is 41.5 Å². The van der Waals surface area contributed by atoms with Gasteiger partial charge in [0.1, 0.15) is 5.75 Å². The van der Waals surface area contributed by atoms with E-state index in [4.69, 9.17) is 4.74 Å². The summed E-state index contributed by atoms with van der Waals surface area (Å²) in [6, 6.07) is 19.4. The molecule has 2 atom stereocenters. The molecule has 7 heteroatoms. The predicted octanol–water partition coefficient (Wildman–Crippen LogP) is 6.69. The molecule has 2 aliphatic rings. The van der Waals surface area contributed by atoms with Crippen molar-refractivity contribution in [2.45, 2.75) is 31.0 Å². The molecule has 0 radical (unpaired) electrons. The molecule has 0 bridgehead atoms. The summed E-state index contributed by atoms with van der Waals surface area (Å²) in [5, 5.41) is 6.59. The van der Waals surface area contributed by atoms with Gasteiger partial charge in [-0.15, -0.1) is 0 Å². The fourth-order valence-corrected chi connectivity index (χ4v) is 4.84. The van der Waals surface area contributed by atoms with Crippen molar-refractivity contribution >= 4 is 17.2 Å². The molecular weight excluding hydrogens is 441 g/mol. The van der Waals surface area contributed by atoms with E-state index in [1.165, 1.54) is 12.1 Å². The van der Waals surface area contributed by atoms with Gasteiger partial charge in [0, 0.05) is 17.7 Å². The van der Waals surface area contributed by atoms with Gasteiger partial charge in [-0.25, -0.2) is 0 Å². The number of hydrogen-bond donors (Lipinski definition) is 2. The van der Waals surface area contributed by atoms with Crippen LogP contribution >= 0.6 is 0 Å². The highest BCUT2D eigenvalue weighted by molar-refractivity contribution is 6.01. The molecule has 34 heavy (non-hydrogen) atoms. The number of benzene rings is 3. The zero-order valence-electron chi connectivity index (χ0n) is 18.4. The molecule has 174 valence electrons. The van der Waals surface area contributed by atoms with Crippen LogP contribution in [0.15, 0.2) is 84.1 Å². The Morgan fingerprint density at radius 1 is 0.882 bits per heavy atom. The molecule has 0 fully saturated rings. The second-order valence-corrected chi connectivity index (χ2v) is 8.53. The normalized spacial score (nSPS) is 19.9. The lowest BCUT2D eigenvalue weighted by Gasteiger charge is -2.31. The topological polar surface area (TPSA) is 50.4 Å². The number of allylic oxidation sites excluding steroid dienone is 1. The van der Waals surface area contributed by atoms with Crippen LogP contribution in [0.5, 0.6) is 5.75 Å². The molecule has 0 saturated carbocycles. The Bertz CT molecular complexity index is 1270. The Labute approximate surface area is 195 Å². The number of Topliss-reactive ketones (excluding diaryl/α,β-unsaturated/α-hetero) is 1. The number of halogens is 3. The van der Waals surface area contributed by atoms with Gasteiger partial charge < -0.3 is 15.4 Å². The van der Waals surface area contributed by atoms with Gasteiger partial charge >= 0.3 is 6.18 Å². The highest BCUT2D eigenvalue weighted by Gasteiger charge is 2.40. The number of hydrogen-bond acceptors (Lipinski definition) is 4. The molecular formula is C27H23F3N2O2. The monoisotopic (exact) mass is 464 g/mol. The van der Waals surface area contributed by atoms with Gasteiger partial charge in [0.15, 0.2) is 5.78 Å². The van der Waals surface area contributed by atoms with E-state index in [-0.39, 0.29) is 23.7 Å². The number of ketones is 1. The van der Waals surface area contributed by atoms with E-state index in [0.717, 1.165) is 23.1 Å². The summed E-state index contributed by atoms with van der Waals surface area (Å²) in [6.07, 6.45) is -3.81. The number of carbonyl (C=O) groups is 1. The van der Waals surface area contributed by atoms with E-state index in [2.05, 4.69) is 10.6 Å². The smallest absolute Gasteiger partial charge is 0.416 e. The molecule has 3 aromatic carbocycles. The molecule has 1 heterocycles. The highest BCUT2D eigenvalue weighted by Crippen LogP contribution is 2.46. The van der Waals surface area contributed by atoms with Crippen LogP contribution in [0.25, 0.3) is 0 Å². The van der Waals surface area contributed by atoms with E-state index in [0.29, 0.717) is 23.4 Å². The zero-order chi connectivity index (χ0) is 23.9. The molecule has 2 N–H and O–H groups in total. The minimum absolute atomic E-state index is 0.0391. The molecule has 0 spiro atoms. The molecule has 1 aliphatic heterocycles. The van der Waals surface area contributed by atoms with Crippen LogP contribution in [0, 0.1) is 0 Å². The Morgan fingerprint density at radius 2 is 1.56 bits per heavy atom. The van der Waals surface area contributed by atoms with Gasteiger partial charge in [-0.05, 0) is 53.8 Å². The first-order valence-corrected chi connectivity index (χ1v) is 11.0. The summed E-state index contributed by atoms with van der Waals surface area (Å²) in [4.78, 5) is 13.5. The lowest BCUT2D eigenvalue weighted by molar-refractivity contribution is -0.138. The number of para-hydroxylation sites is 2. The Balaban J connectivity index is 1.62. The molecule has 0 aromatic heterocycles. The van der Waals surface area contributed by atoms with Gasteiger partial charge in [0.05, 0.1) is 30.1 Å². The van der Waals surface area contributed by atoms with Crippen molar-refractivity contribution in [3.8, 4) is 5.75 Å². The molecule has 0 amide bonds. The van der Waals surface area contributed by atoms with Gasteiger partial charge in [0.2, 0.25) is 0 Å². The maximum atomic E-state index is 13.9. The maximum Gasteiger partial charge on any atom is 0.416 e. The zero-order valence-corrected chi connectivity index (χ0v) is 18.4. The number of carbonyl (C=O) groups excluding carboxylic acids is 1. The van der Waals surface area contributed by atoms with Crippen molar-refractivity contribution in [3.63, 3.8) is 0 Å². The number of nitrogens with one attached hydrogen (secondary N) is 2. The summed E-state index contributed by atoms with van der Waals surface area (Å²) in [6.45, 7) is 0. The number of methoxy groups -OCH3 is 1. The quantitative estimate of drug-likeness (QED) is 0.453. The highest BCUT2D eigenvalue weighted by atomic mass is 19.4. The summed E-state index contributed by atoms with van der Waals surface area (Å²) in [7, 11) is 1.59. The number of rotatable bonds is 3. The first-order valence-electron chi connectivity index (χ1n) is 11.0. The maximum absolute atomic E-state index is 13.9. The van der Waals surface area contributed by atoms with E-state index in [9.17, 15) is 18.0 Å². The third-order valence-corrected chi connectivity index (χ3v) is 6.47. The van der Waals surface area contributed by atoms with Crippen molar-refractivity contribution in [3.05, 3.63) is 101 Å². The number of alkyl halides is 3. The van der Waals surface area contributed by atoms with Gasteiger partial charge in [-0.3, -0.25) is 4.79 Å². The van der Waals surface area contributed by atoms with Crippen LogP contribution in [0.3, 0.4) is 0 Å². The van der Waals surface area contributed by atoms with Gasteiger partial charge in [0.25, 0.3) is 0 Å². The van der Waals surface area contributed by atoms with E-state index < -0.39 is 17.8 Å². The molecule has 1 aliphatic carbocycles. The van der Waals surface area contributed by atoms with Crippen molar-refractivity contribution in [2.24, 2.45) is 0 Å². The first kappa shape index (κ1) is 22.1. The SMILES string of the molecule is COc1ccc(C2CC(=O)C3=C(C2)Nc2ccccc2NC3c2ccccc2C(F)(F)F)cc1. The molecule has 4 nitrogen and oxygen atoms in total. The molecule has 5 rings (SSSR count). The van der Waals surface area contributed by atoms with Crippen molar-refractivity contribution < 1.29 is 22.7 Å². The average Bonchev–Trinajstić information content (AvgIpc) is 3.00. The lowest BCUT2D eigenvalue weighted by atomic mass is 9.78. The minimum atomic E-state index is -4.54. The van der Waals surface area contributed by atoms with Crippen LogP contribution in [0.4, 0.5) is 24.5 Å². The third-order valence-electron chi connectivity index (χ3n) is 6.47.